The molecule has 1 unspecified atom stereocenters. The molecule has 19 heavy (non-hydrogen) atoms. The summed E-state index contributed by atoms with van der Waals surface area (Å²) >= 11 is 0. The summed E-state index contributed by atoms with van der Waals surface area (Å²) in [7, 11) is 0. The summed E-state index contributed by atoms with van der Waals surface area (Å²) < 4.78 is 76.8. The average molecular weight is 285 g/mol. The quantitative estimate of drug-likeness (QED) is 0.844. The fraction of sp³-hybridized carbons (Fsp3) is 0.364. The highest BCUT2D eigenvalue weighted by Crippen LogP contribution is 2.49. The maximum absolute atomic E-state index is 13.8. The van der Waals surface area contributed by atoms with Gasteiger partial charge in [-0.1, -0.05) is 18.2 Å². The second kappa shape index (κ2) is 5.10. The molecule has 0 fully saturated rings. The molecule has 106 valence electrons. The highest BCUT2D eigenvalue weighted by molar-refractivity contribution is 5.89. The molecule has 0 radical (unpaired) electrons. The lowest BCUT2D eigenvalue weighted by Crippen LogP contribution is -2.45. The molecule has 1 atom stereocenters. The van der Waals surface area contributed by atoms with Crippen LogP contribution in [0.15, 0.2) is 24.3 Å². The standard InChI is InChI=1S/C11H9F6NO/c1-6(19)18-8-5-3-2-4-7(8)10(14,9(12)13)11(15,16)17/h2-5,9H,1H3,(H,18,19). The monoisotopic (exact) mass is 285 g/mol. The Morgan fingerprint density at radius 3 is 2.11 bits per heavy atom. The number of hydrogen-bond acceptors (Lipinski definition) is 1. The van der Waals surface area contributed by atoms with Gasteiger partial charge in [0.1, 0.15) is 0 Å². The molecular formula is C11H9F6NO. The predicted octanol–water partition coefficient (Wildman–Crippen LogP) is 3.64. The summed E-state index contributed by atoms with van der Waals surface area (Å²) in [5.41, 5.74) is -6.81. The first kappa shape index (κ1) is 15.3. The van der Waals surface area contributed by atoms with Gasteiger partial charge in [-0.3, -0.25) is 4.79 Å². The van der Waals surface area contributed by atoms with Gasteiger partial charge in [0.25, 0.3) is 12.1 Å². The van der Waals surface area contributed by atoms with Crippen molar-refractivity contribution >= 4 is 11.6 Å². The van der Waals surface area contributed by atoms with Gasteiger partial charge in [-0.25, -0.2) is 13.2 Å². The minimum Gasteiger partial charge on any atom is -0.326 e. The molecule has 1 aromatic carbocycles. The van der Waals surface area contributed by atoms with Crippen LogP contribution in [0.1, 0.15) is 12.5 Å². The third-order valence-corrected chi connectivity index (χ3v) is 2.34. The molecule has 1 aromatic rings. The van der Waals surface area contributed by atoms with E-state index in [1.165, 1.54) is 6.07 Å². The number of benzene rings is 1. The van der Waals surface area contributed by atoms with Crippen molar-refractivity contribution in [2.75, 3.05) is 5.32 Å². The molecule has 0 saturated carbocycles. The molecule has 0 heterocycles. The molecule has 1 amide bonds. The number of hydrogen-bond donors (Lipinski definition) is 1. The average Bonchev–Trinajstić information content (AvgIpc) is 2.26. The van der Waals surface area contributed by atoms with E-state index < -0.39 is 35.4 Å². The molecule has 1 N–H and O–H groups in total. The van der Waals surface area contributed by atoms with Gasteiger partial charge in [-0.05, 0) is 6.07 Å². The van der Waals surface area contributed by atoms with E-state index in [1.54, 1.807) is 0 Å². The first-order valence-electron chi connectivity index (χ1n) is 5.01. The summed E-state index contributed by atoms with van der Waals surface area (Å²) in [5.74, 6) is -0.800. The lowest BCUT2D eigenvalue weighted by atomic mass is 9.93. The molecule has 0 aliphatic heterocycles. The van der Waals surface area contributed by atoms with Gasteiger partial charge in [0.15, 0.2) is 0 Å². The molecule has 0 aliphatic carbocycles. The Morgan fingerprint density at radius 1 is 1.16 bits per heavy atom. The van der Waals surface area contributed by atoms with E-state index in [2.05, 4.69) is 0 Å². The molecule has 0 aliphatic rings. The number of alkyl halides is 6. The van der Waals surface area contributed by atoms with Crippen molar-refractivity contribution in [1.82, 2.24) is 0 Å². The van der Waals surface area contributed by atoms with Gasteiger partial charge < -0.3 is 5.32 Å². The molecule has 0 aromatic heterocycles. The lowest BCUT2D eigenvalue weighted by molar-refractivity contribution is -0.274. The number of nitrogens with one attached hydrogen (secondary N) is 1. The van der Waals surface area contributed by atoms with Crippen LogP contribution in [0.3, 0.4) is 0 Å². The van der Waals surface area contributed by atoms with Crippen molar-refractivity contribution in [3.8, 4) is 0 Å². The lowest BCUT2D eigenvalue weighted by Gasteiger charge is -2.29. The third-order valence-electron chi connectivity index (χ3n) is 2.34. The zero-order valence-electron chi connectivity index (χ0n) is 9.56. The van der Waals surface area contributed by atoms with E-state index in [0.29, 0.717) is 6.07 Å². The van der Waals surface area contributed by atoms with Crippen molar-refractivity contribution < 1.29 is 31.1 Å². The largest absolute Gasteiger partial charge is 0.432 e. The Hall–Kier alpha value is -1.73. The number of rotatable bonds is 3. The topological polar surface area (TPSA) is 29.1 Å². The Bertz CT molecular complexity index is 472. The maximum atomic E-state index is 13.8. The Balaban J connectivity index is 3.44. The minimum absolute atomic E-state index is 0.560. The van der Waals surface area contributed by atoms with E-state index in [4.69, 9.17) is 0 Å². The number of amides is 1. The van der Waals surface area contributed by atoms with E-state index >= 15 is 0 Å². The molecule has 0 saturated heterocycles. The Kier molecular flexibility index (Phi) is 4.12. The summed E-state index contributed by atoms with van der Waals surface area (Å²) in [6.07, 6.45) is -10.1. The highest BCUT2D eigenvalue weighted by Gasteiger charge is 2.64. The number of carbonyl (C=O) groups excluding carboxylic acids is 1. The van der Waals surface area contributed by atoms with E-state index in [0.717, 1.165) is 19.1 Å². The van der Waals surface area contributed by atoms with Crippen LogP contribution in [-0.2, 0) is 10.5 Å². The second-order valence-electron chi connectivity index (χ2n) is 3.74. The van der Waals surface area contributed by atoms with Crippen LogP contribution < -0.4 is 5.32 Å². The first-order valence-corrected chi connectivity index (χ1v) is 5.01. The number of anilines is 1. The smallest absolute Gasteiger partial charge is 0.326 e. The number of halogens is 6. The van der Waals surface area contributed by atoms with Crippen LogP contribution in [0.4, 0.5) is 32.0 Å². The van der Waals surface area contributed by atoms with Crippen molar-refractivity contribution in [2.45, 2.75) is 25.2 Å². The van der Waals surface area contributed by atoms with E-state index in [-0.39, 0.29) is 0 Å². The Labute approximate surface area is 104 Å². The second-order valence-corrected chi connectivity index (χ2v) is 3.74. The van der Waals surface area contributed by atoms with Gasteiger partial charge in [0.2, 0.25) is 5.91 Å². The fourth-order valence-electron chi connectivity index (χ4n) is 1.49. The van der Waals surface area contributed by atoms with Crippen LogP contribution in [-0.4, -0.2) is 18.5 Å². The molecule has 0 spiro atoms. The summed E-state index contributed by atoms with van der Waals surface area (Å²) in [4.78, 5) is 10.8. The van der Waals surface area contributed by atoms with Gasteiger partial charge in [-0.2, -0.15) is 13.2 Å². The summed E-state index contributed by atoms with van der Waals surface area (Å²) in [6, 6.07) is 3.64. The summed E-state index contributed by atoms with van der Waals surface area (Å²) in [6.45, 7) is 0.965. The highest BCUT2D eigenvalue weighted by atomic mass is 19.4. The number of para-hydroxylation sites is 1. The van der Waals surface area contributed by atoms with E-state index in [1.807, 2.05) is 5.32 Å². The van der Waals surface area contributed by atoms with Crippen molar-refractivity contribution in [3.63, 3.8) is 0 Å². The Morgan fingerprint density at radius 2 is 1.68 bits per heavy atom. The normalized spacial score (nSPS) is 15.2. The van der Waals surface area contributed by atoms with Gasteiger partial charge in [0, 0.05) is 18.2 Å². The molecule has 0 bridgehead atoms. The summed E-state index contributed by atoms with van der Waals surface area (Å²) in [5, 5.41) is 1.89. The SMILES string of the molecule is CC(=O)Nc1ccccc1C(F)(C(F)F)C(F)(F)F. The van der Waals surface area contributed by atoms with Crippen molar-refractivity contribution in [1.29, 1.82) is 0 Å². The number of carbonyl (C=O) groups is 1. The van der Waals surface area contributed by atoms with Crippen LogP contribution >= 0.6 is 0 Å². The molecule has 8 heteroatoms. The zero-order chi connectivity index (χ0) is 14.8. The molecular weight excluding hydrogens is 276 g/mol. The minimum atomic E-state index is -5.81. The molecule has 1 rings (SSSR count). The van der Waals surface area contributed by atoms with Crippen molar-refractivity contribution in [3.05, 3.63) is 29.8 Å². The van der Waals surface area contributed by atoms with Crippen LogP contribution in [0.25, 0.3) is 0 Å². The third kappa shape index (κ3) is 2.82. The predicted molar refractivity (Wildman–Crippen MR) is 55.6 cm³/mol. The first-order chi connectivity index (χ1) is 8.60. The zero-order valence-corrected chi connectivity index (χ0v) is 9.56. The van der Waals surface area contributed by atoms with E-state index in [9.17, 15) is 31.1 Å². The van der Waals surface area contributed by atoms with Gasteiger partial charge >= 0.3 is 6.18 Å². The van der Waals surface area contributed by atoms with Crippen LogP contribution in [0.2, 0.25) is 0 Å². The fourth-order valence-corrected chi connectivity index (χ4v) is 1.49. The van der Waals surface area contributed by atoms with Gasteiger partial charge in [-0.15, -0.1) is 0 Å². The van der Waals surface area contributed by atoms with Gasteiger partial charge in [0.05, 0.1) is 0 Å². The van der Waals surface area contributed by atoms with Crippen LogP contribution in [0, 0.1) is 0 Å². The van der Waals surface area contributed by atoms with Crippen LogP contribution in [0.5, 0.6) is 0 Å². The van der Waals surface area contributed by atoms with Crippen molar-refractivity contribution in [2.24, 2.45) is 0 Å². The maximum Gasteiger partial charge on any atom is 0.432 e. The molecule has 2 nitrogen and oxygen atoms in total.